The number of hydrogen-bond donors (Lipinski definition) is 0. The molecule has 3 nitrogen and oxygen atoms in total. The SMILES string of the molecule is COCCn1c(C(C)Cl)nc2ccc(C)cc21. The molecule has 1 heterocycles. The van der Waals surface area contributed by atoms with Crippen LogP contribution in [0.25, 0.3) is 11.0 Å². The highest BCUT2D eigenvalue weighted by molar-refractivity contribution is 6.20. The zero-order valence-corrected chi connectivity index (χ0v) is 11.2. The summed E-state index contributed by atoms with van der Waals surface area (Å²) in [5.41, 5.74) is 3.35. The van der Waals surface area contributed by atoms with Crippen molar-refractivity contribution in [3.05, 3.63) is 29.6 Å². The Morgan fingerprint density at radius 3 is 2.88 bits per heavy atom. The lowest BCUT2D eigenvalue weighted by atomic mass is 10.2. The average molecular weight is 253 g/mol. The molecule has 17 heavy (non-hydrogen) atoms. The first kappa shape index (κ1) is 12.4. The summed E-state index contributed by atoms with van der Waals surface area (Å²) in [5.74, 6) is 0.907. The molecule has 0 aliphatic rings. The Morgan fingerprint density at radius 2 is 2.24 bits per heavy atom. The number of nitrogens with zero attached hydrogens (tertiary/aromatic N) is 2. The highest BCUT2D eigenvalue weighted by Gasteiger charge is 2.14. The van der Waals surface area contributed by atoms with Crippen LogP contribution in [0.2, 0.25) is 0 Å². The molecule has 0 saturated carbocycles. The van der Waals surface area contributed by atoms with Gasteiger partial charge in [-0.15, -0.1) is 11.6 Å². The van der Waals surface area contributed by atoms with Crippen molar-refractivity contribution in [2.75, 3.05) is 13.7 Å². The van der Waals surface area contributed by atoms with Crippen LogP contribution < -0.4 is 0 Å². The molecule has 0 fully saturated rings. The van der Waals surface area contributed by atoms with Crippen molar-refractivity contribution in [3.63, 3.8) is 0 Å². The second-order valence-corrected chi connectivity index (χ2v) is 4.88. The van der Waals surface area contributed by atoms with Gasteiger partial charge < -0.3 is 9.30 Å². The van der Waals surface area contributed by atoms with E-state index in [1.807, 2.05) is 13.0 Å². The molecule has 92 valence electrons. The first-order valence-corrected chi connectivity index (χ1v) is 6.17. The summed E-state index contributed by atoms with van der Waals surface area (Å²) in [6, 6.07) is 6.25. The number of ether oxygens (including phenoxy) is 1. The van der Waals surface area contributed by atoms with Crippen molar-refractivity contribution in [3.8, 4) is 0 Å². The fraction of sp³-hybridized carbons (Fsp3) is 0.462. The number of aromatic nitrogens is 2. The molecule has 0 spiro atoms. The van der Waals surface area contributed by atoms with E-state index in [1.165, 1.54) is 5.56 Å². The van der Waals surface area contributed by atoms with E-state index < -0.39 is 0 Å². The molecule has 0 N–H and O–H groups in total. The van der Waals surface area contributed by atoms with Gasteiger partial charge >= 0.3 is 0 Å². The van der Waals surface area contributed by atoms with E-state index in [4.69, 9.17) is 16.3 Å². The van der Waals surface area contributed by atoms with E-state index in [0.29, 0.717) is 6.61 Å². The number of hydrogen-bond acceptors (Lipinski definition) is 2. The van der Waals surface area contributed by atoms with Gasteiger partial charge in [0, 0.05) is 13.7 Å². The van der Waals surface area contributed by atoms with Crippen LogP contribution in [0.4, 0.5) is 0 Å². The molecule has 0 saturated heterocycles. The highest BCUT2D eigenvalue weighted by atomic mass is 35.5. The Hall–Kier alpha value is -1.06. The quantitative estimate of drug-likeness (QED) is 0.781. The lowest BCUT2D eigenvalue weighted by Crippen LogP contribution is -2.08. The van der Waals surface area contributed by atoms with Gasteiger partial charge in [0.2, 0.25) is 0 Å². The maximum absolute atomic E-state index is 6.17. The smallest absolute Gasteiger partial charge is 0.127 e. The summed E-state index contributed by atoms with van der Waals surface area (Å²) in [6.45, 7) is 5.47. The first-order valence-electron chi connectivity index (χ1n) is 5.73. The van der Waals surface area contributed by atoms with Gasteiger partial charge in [0.15, 0.2) is 0 Å². The van der Waals surface area contributed by atoms with Gasteiger partial charge in [-0.3, -0.25) is 0 Å². The van der Waals surface area contributed by atoms with Crippen LogP contribution in [0.15, 0.2) is 18.2 Å². The molecule has 1 aromatic heterocycles. The van der Waals surface area contributed by atoms with Crippen LogP contribution >= 0.6 is 11.6 Å². The molecule has 1 atom stereocenters. The van der Waals surface area contributed by atoms with Crippen molar-refractivity contribution in [1.82, 2.24) is 9.55 Å². The molecule has 0 radical (unpaired) electrons. The van der Waals surface area contributed by atoms with E-state index in [0.717, 1.165) is 23.4 Å². The monoisotopic (exact) mass is 252 g/mol. The van der Waals surface area contributed by atoms with E-state index in [1.54, 1.807) is 7.11 Å². The fourth-order valence-electron chi connectivity index (χ4n) is 1.97. The average Bonchev–Trinajstić information content (AvgIpc) is 2.64. The number of halogens is 1. The fourth-order valence-corrected chi connectivity index (χ4v) is 2.14. The summed E-state index contributed by atoms with van der Waals surface area (Å²) in [4.78, 5) is 4.58. The lowest BCUT2D eigenvalue weighted by molar-refractivity contribution is 0.187. The summed E-state index contributed by atoms with van der Waals surface area (Å²) < 4.78 is 7.28. The molecule has 0 aliphatic carbocycles. The zero-order chi connectivity index (χ0) is 12.4. The second kappa shape index (κ2) is 5.07. The van der Waals surface area contributed by atoms with Crippen molar-refractivity contribution >= 4 is 22.6 Å². The summed E-state index contributed by atoms with van der Waals surface area (Å²) in [7, 11) is 1.70. The van der Waals surface area contributed by atoms with Gasteiger partial charge in [0.1, 0.15) is 5.82 Å². The van der Waals surface area contributed by atoms with Gasteiger partial charge in [-0.05, 0) is 31.5 Å². The van der Waals surface area contributed by atoms with Crippen LogP contribution in [0.3, 0.4) is 0 Å². The predicted molar refractivity (Wildman–Crippen MR) is 70.6 cm³/mol. The molecule has 1 aromatic carbocycles. The summed E-state index contributed by atoms with van der Waals surface area (Å²) in [6.07, 6.45) is 0. The van der Waals surface area contributed by atoms with Gasteiger partial charge in [-0.25, -0.2) is 4.98 Å². The van der Waals surface area contributed by atoms with Gasteiger partial charge in [0.25, 0.3) is 0 Å². The largest absolute Gasteiger partial charge is 0.383 e. The third kappa shape index (κ3) is 2.45. The molecule has 1 unspecified atom stereocenters. The van der Waals surface area contributed by atoms with E-state index in [2.05, 4.69) is 28.6 Å². The Morgan fingerprint density at radius 1 is 1.47 bits per heavy atom. The molecule has 0 amide bonds. The molecule has 2 rings (SSSR count). The molecule has 2 aromatic rings. The molecule has 0 aliphatic heterocycles. The molecule has 0 bridgehead atoms. The number of imidazole rings is 1. The van der Waals surface area contributed by atoms with Gasteiger partial charge in [0.05, 0.1) is 23.0 Å². The molecule has 4 heteroatoms. The lowest BCUT2D eigenvalue weighted by Gasteiger charge is -2.09. The number of alkyl halides is 1. The molecular weight excluding hydrogens is 236 g/mol. The van der Waals surface area contributed by atoms with Gasteiger partial charge in [-0.1, -0.05) is 6.07 Å². The van der Waals surface area contributed by atoms with Crippen molar-refractivity contribution < 1.29 is 4.74 Å². The third-order valence-corrected chi connectivity index (χ3v) is 3.00. The van der Waals surface area contributed by atoms with E-state index >= 15 is 0 Å². The van der Waals surface area contributed by atoms with Crippen molar-refractivity contribution in [1.29, 1.82) is 0 Å². The van der Waals surface area contributed by atoms with Crippen LogP contribution in [-0.4, -0.2) is 23.3 Å². The Balaban J connectivity index is 2.56. The van der Waals surface area contributed by atoms with Crippen LogP contribution in [0.1, 0.15) is 23.7 Å². The Labute approximate surface area is 106 Å². The minimum absolute atomic E-state index is 0.0976. The number of fused-ring (bicyclic) bond motifs is 1. The number of aryl methyl sites for hydroxylation is 1. The zero-order valence-electron chi connectivity index (χ0n) is 10.4. The van der Waals surface area contributed by atoms with E-state index in [9.17, 15) is 0 Å². The standard InChI is InChI=1S/C13H17ClN2O/c1-9-4-5-11-12(8-9)16(6-7-17-3)13(15-11)10(2)14/h4-5,8,10H,6-7H2,1-3H3. The normalized spacial score (nSPS) is 13.2. The van der Waals surface area contributed by atoms with Crippen LogP contribution in [0.5, 0.6) is 0 Å². The first-order chi connectivity index (χ1) is 8.13. The summed E-state index contributed by atoms with van der Waals surface area (Å²) >= 11 is 6.17. The Bertz CT molecular complexity index is 519. The topological polar surface area (TPSA) is 27.1 Å². The molecular formula is C13H17ClN2O. The second-order valence-electron chi connectivity index (χ2n) is 4.22. The van der Waals surface area contributed by atoms with Crippen molar-refractivity contribution in [2.24, 2.45) is 0 Å². The van der Waals surface area contributed by atoms with Gasteiger partial charge in [-0.2, -0.15) is 0 Å². The van der Waals surface area contributed by atoms with Crippen molar-refractivity contribution in [2.45, 2.75) is 25.8 Å². The maximum atomic E-state index is 6.17. The van der Waals surface area contributed by atoms with E-state index in [-0.39, 0.29) is 5.38 Å². The third-order valence-electron chi connectivity index (χ3n) is 2.81. The van der Waals surface area contributed by atoms with Crippen LogP contribution in [-0.2, 0) is 11.3 Å². The number of rotatable bonds is 4. The minimum Gasteiger partial charge on any atom is -0.383 e. The summed E-state index contributed by atoms with van der Waals surface area (Å²) in [5, 5.41) is -0.0976. The predicted octanol–water partition coefficient (Wildman–Crippen LogP) is 3.29. The minimum atomic E-state index is -0.0976. The number of benzene rings is 1. The van der Waals surface area contributed by atoms with Crippen LogP contribution in [0, 0.1) is 6.92 Å². The Kier molecular flexibility index (Phi) is 3.69. The highest BCUT2D eigenvalue weighted by Crippen LogP contribution is 2.25. The number of methoxy groups -OCH3 is 1. The maximum Gasteiger partial charge on any atom is 0.127 e.